The first-order valence-corrected chi connectivity index (χ1v) is 11.3. The van der Waals surface area contributed by atoms with Crippen LogP contribution >= 0.6 is 11.6 Å². The summed E-state index contributed by atoms with van der Waals surface area (Å²) in [5.41, 5.74) is 2.67. The minimum atomic E-state index is -0.331. The molecule has 0 radical (unpaired) electrons. The Kier molecular flexibility index (Phi) is 7.26. The van der Waals surface area contributed by atoms with Crippen molar-refractivity contribution < 1.29 is 14.3 Å². The Morgan fingerprint density at radius 3 is 2.59 bits per heavy atom. The average Bonchev–Trinajstić information content (AvgIpc) is 2.66. The Hall–Kier alpha value is -2.43. The summed E-state index contributed by atoms with van der Waals surface area (Å²) < 4.78 is 12.1. The summed E-state index contributed by atoms with van der Waals surface area (Å²) in [4.78, 5) is 15.6. The van der Waals surface area contributed by atoms with Gasteiger partial charge in [0.15, 0.2) is 0 Å². The van der Waals surface area contributed by atoms with Crippen LogP contribution in [0.1, 0.15) is 65.5 Å². The van der Waals surface area contributed by atoms with E-state index in [1.165, 1.54) is 5.57 Å². The molecule has 1 aromatic carbocycles. The van der Waals surface area contributed by atoms with Crippen molar-refractivity contribution in [2.24, 2.45) is 5.92 Å². The van der Waals surface area contributed by atoms with Crippen LogP contribution in [0.15, 0.2) is 48.7 Å². The number of Topliss-reactive ketones (excluding diaryl/α,β-unsaturated/α-hetero) is 1. The fourth-order valence-corrected chi connectivity index (χ4v) is 4.35. The lowest BCUT2D eigenvalue weighted by molar-refractivity contribution is -0.117. The molecule has 0 aliphatic carbocycles. The second kappa shape index (κ2) is 9.60. The van der Waals surface area contributed by atoms with Crippen molar-refractivity contribution in [3.05, 3.63) is 64.8 Å². The molecule has 0 unspecified atom stereocenters. The Morgan fingerprint density at radius 1 is 1.25 bits per heavy atom. The second-order valence-electron chi connectivity index (χ2n) is 9.73. The summed E-state index contributed by atoms with van der Waals surface area (Å²) >= 11 is 6.55. The third-order valence-electron chi connectivity index (χ3n) is 5.18. The number of hydrogen-bond donors (Lipinski definition) is 0. The summed E-state index contributed by atoms with van der Waals surface area (Å²) in [7, 11) is 0. The molecule has 170 valence electrons. The lowest BCUT2D eigenvalue weighted by atomic mass is 9.86. The van der Waals surface area contributed by atoms with Crippen molar-refractivity contribution in [1.82, 2.24) is 4.98 Å². The van der Waals surface area contributed by atoms with Crippen molar-refractivity contribution >= 4 is 29.0 Å². The molecule has 0 saturated carbocycles. The second-order valence-corrected chi connectivity index (χ2v) is 10.1. The van der Waals surface area contributed by atoms with Crippen molar-refractivity contribution in [3.8, 4) is 11.6 Å². The molecule has 0 spiro atoms. The number of halogens is 1. The van der Waals surface area contributed by atoms with Gasteiger partial charge in [-0.3, -0.25) is 0 Å². The zero-order valence-electron chi connectivity index (χ0n) is 19.7. The Labute approximate surface area is 196 Å². The summed E-state index contributed by atoms with van der Waals surface area (Å²) in [5.74, 6) is 1.42. The van der Waals surface area contributed by atoms with Gasteiger partial charge in [-0.15, -0.1) is 0 Å². The van der Waals surface area contributed by atoms with Crippen molar-refractivity contribution in [3.63, 3.8) is 0 Å². The van der Waals surface area contributed by atoms with Crippen LogP contribution in [0.4, 0.5) is 0 Å². The number of carbonyl (C=O) groups is 1. The van der Waals surface area contributed by atoms with Crippen LogP contribution in [0.25, 0.3) is 11.6 Å². The number of ether oxygens (including phenoxy) is 2. The van der Waals surface area contributed by atoms with Gasteiger partial charge in [-0.05, 0) is 81.5 Å². The van der Waals surface area contributed by atoms with E-state index in [9.17, 15) is 4.79 Å². The van der Waals surface area contributed by atoms with Gasteiger partial charge >= 0.3 is 0 Å². The molecule has 1 aliphatic rings. The fraction of sp³-hybridized carbons (Fsp3) is 0.407. The number of benzene rings is 1. The smallest absolute Gasteiger partial charge is 0.219 e. The molecule has 1 aliphatic heterocycles. The number of carbonyl (C=O) groups excluding carboxylic acids is 1. The summed E-state index contributed by atoms with van der Waals surface area (Å²) in [6.07, 6.45) is 9.24. The highest BCUT2D eigenvalue weighted by molar-refractivity contribution is 6.32. The maximum Gasteiger partial charge on any atom is 0.219 e. The quantitative estimate of drug-likeness (QED) is 0.435. The van der Waals surface area contributed by atoms with E-state index in [0.717, 1.165) is 17.5 Å². The summed E-state index contributed by atoms with van der Waals surface area (Å²) in [6.45, 7) is 12.0. The number of rotatable bonds is 7. The normalized spacial score (nSPS) is 18.3. The van der Waals surface area contributed by atoms with Crippen LogP contribution < -0.4 is 4.74 Å². The van der Waals surface area contributed by atoms with Crippen LogP contribution in [0.5, 0.6) is 11.6 Å². The van der Waals surface area contributed by atoms with Gasteiger partial charge in [0.1, 0.15) is 11.5 Å². The van der Waals surface area contributed by atoms with Gasteiger partial charge in [-0.25, -0.2) is 4.98 Å². The molecule has 5 heteroatoms. The largest absolute Gasteiger partial charge is 0.437 e. The standard InChI is InChI=1S/C27H32ClNO3/c1-18(13-19(2)30)7-8-20-9-12-25(29-17-20)31-24-11-10-21(14-23(24)28)22-15-26(3,4)32-27(5,6)16-22/h7-12,14-15,17-18H,13,16H2,1-6H3/b8-7+/t18-/m0/s1. The molecule has 0 N–H and O–H groups in total. The van der Waals surface area contributed by atoms with E-state index in [1.807, 2.05) is 49.4 Å². The number of hydrogen-bond acceptors (Lipinski definition) is 4. The first-order valence-electron chi connectivity index (χ1n) is 11.0. The highest BCUT2D eigenvalue weighted by atomic mass is 35.5. The van der Waals surface area contributed by atoms with E-state index >= 15 is 0 Å². The monoisotopic (exact) mass is 453 g/mol. The van der Waals surface area contributed by atoms with Gasteiger partial charge in [0.25, 0.3) is 0 Å². The third kappa shape index (κ3) is 6.78. The summed E-state index contributed by atoms with van der Waals surface area (Å²) in [5, 5.41) is 0.536. The van der Waals surface area contributed by atoms with Gasteiger partial charge in [0.05, 0.1) is 16.2 Å². The van der Waals surface area contributed by atoms with Crippen molar-refractivity contribution in [1.29, 1.82) is 0 Å². The molecule has 0 amide bonds. The molecule has 2 aromatic rings. The average molecular weight is 454 g/mol. The van der Waals surface area contributed by atoms with Gasteiger partial charge < -0.3 is 14.3 Å². The molecular weight excluding hydrogens is 422 g/mol. The number of ketones is 1. The Morgan fingerprint density at radius 2 is 2.00 bits per heavy atom. The van der Waals surface area contributed by atoms with Gasteiger partial charge in [0, 0.05) is 25.1 Å². The van der Waals surface area contributed by atoms with E-state index in [4.69, 9.17) is 21.1 Å². The van der Waals surface area contributed by atoms with Crippen molar-refractivity contribution in [2.75, 3.05) is 0 Å². The molecule has 4 nitrogen and oxygen atoms in total. The van der Waals surface area contributed by atoms with E-state index in [0.29, 0.717) is 23.1 Å². The number of pyridine rings is 1. The highest BCUT2D eigenvalue weighted by Gasteiger charge is 2.34. The fourth-order valence-electron chi connectivity index (χ4n) is 4.14. The Balaban J connectivity index is 1.71. The minimum absolute atomic E-state index is 0.187. The number of nitrogens with zero attached hydrogens (tertiary/aromatic N) is 1. The predicted molar refractivity (Wildman–Crippen MR) is 131 cm³/mol. The molecule has 2 heterocycles. The predicted octanol–water partition coefficient (Wildman–Crippen LogP) is 7.52. The molecule has 0 bridgehead atoms. The summed E-state index contributed by atoms with van der Waals surface area (Å²) in [6, 6.07) is 9.59. The van der Waals surface area contributed by atoms with Gasteiger partial charge in [0.2, 0.25) is 5.88 Å². The molecular formula is C27H32ClNO3. The van der Waals surface area contributed by atoms with Gasteiger partial charge in [-0.2, -0.15) is 0 Å². The molecule has 3 rings (SSSR count). The molecule has 32 heavy (non-hydrogen) atoms. The first kappa shape index (κ1) is 24.2. The minimum Gasteiger partial charge on any atom is -0.437 e. The molecule has 1 atom stereocenters. The maximum atomic E-state index is 11.2. The van der Waals surface area contributed by atoms with Crippen LogP contribution in [0, 0.1) is 5.92 Å². The van der Waals surface area contributed by atoms with E-state index in [-0.39, 0.29) is 22.9 Å². The van der Waals surface area contributed by atoms with Crippen LogP contribution in [-0.4, -0.2) is 22.0 Å². The zero-order valence-corrected chi connectivity index (χ0v) is 20.5. The highest BCUT2D eigenvalue weighted by Crippen LogP contribution is 2.40. The number of aromatic nitrogens is 1. The van der Waals surface area contributed by atoms with Crippen LogP contribution in [0.2, 0.25) is 5.02 Å². The van der Waals surface area contributed by atoms with E-state index < -0.39 is 0 Å². The Bertz CT molecular complexity index is 1040. The molecule has 0 fully saturated rings. The van der Waals surface area contributed by atoms with Crippen LogP contribution in [0.3, 0.4) is 0 Å². The molecule has 1 aromatic heterocycles. The number of allylic oxidation sites excluding steroid dienone is 1. The topological polar surface area (TPSA) is 48.4 Å². The molecule has 0 saturated heterocycles. The van der Waals surface area contributed by atoms with E-state index in [2.05, 4.69) is 38.8 Å². The lowest BCUT2D eigenvalue weighted by Gasteiger charge is -2.40. The third-order valence-corrected chi connectivity index (χ3v) is 5.48. The maximum absolute atomic E-state index is 11.2. The van der Waals surface area contributed by atoms with Crippen LogP contribution in [-0.2, 0) is 9.53 Å². The van der Waals surface area contributed by atoms with E-state index in [1.54, 1.807) is 13.1 Å². The van der Waals surface area contributed by atoms with Gasteiger partial charge in [-0.1, -0.05) is 36.7 Å². The zero-order chi connectivity index (χ0) is 23.5. The van der Waals surface area contributed by atoms with Crippen molar-refractivity contribution in [2.45, 2.75) is 65.6 Å². The SMILES string of the molecule is CC(=O)C[C@@H](C)/C=C/c1ccc(Oc2ccc(C3=CC(C)(C)OC(C)(C)C3)cc2Cl)nc1. The first-order chi connectivity index (χ1) is 14.9. The lowest BCUT2D eigenvalue weighted by Crippen LogP contribution is -2.39.